The second-order valence-corrected chi connectivity index (χ2v) is 7.73. The van der Waals surface area contributed by atoms with Crippen molar-refractivity contribution in [1.29, 1.82) is 0 Å². The van der Waals surface area contributed by atoms with Crippen LogP contribution in [0.4, 0.5) is 0 Å². The Kier molecular flexibility index (Phi) is 4.30. The molecule has 1 fully saturated rings. The molecule has 136 valence electrons. The molecule has 4 heterocycles. The molecule has 0 radical (unpaired) electrons. The summed E-state index contributed by atoms with van der Waals surface area (Å²) < 4.78 is 0. The standard InChI is InChI=1S/C22H21ClN4/c23-18-5-3-16(4-6-18)21-20(15-7-10-24-11-8-15)22(26-25-21)17-9-13-27-12-1-2-19(27)14-17/h3-11,19H,1-2,12-14H2,(H,25,26)/t19-/m0/s1. The summed E-state index contributed by atoms with van der Waals surface area (Å²) >= 11 is 6.09. The smallest absolute Gasteiger partial charge is 0.0963 e. The topological polar surface area (TPSA) is 44.8 Å². The lowest BCUT2D eigenvalue weighted by Crippen LogP contribution is -2.32. The van der Waals surface area contributed by atoms with Crippen LogP contribution in [0.1, 0.15) is 25.0 Å². The molecule has 3 aromatic rings. The van der Waals surface area contributed by atoms with Crippen molar-refractivity contribution >= 4 is 17.2 Å². The molecule has 1 N–H and O–H groups in total. The maximum atomic E-state index is 6.09. The second-order valence-electron chi connectivity index (χ2n) is 7.29. The second kappa shape index (κ2) is 6.95. The van der Waals surface area contributed by atoms with Gasteiger partial charge in [0.1, 0.15) is 0 Å². The van der Waals surface area contributed by atoms with Crippen molar-refractivity contribution in [3.63, 3.8) is 0 Å². The first kappa shape index (κ1) is 16.7. The average molecular weight is 377 g/mol. The minimum atomic E-state index is 0.658. The van der Waals surface area contributed by atoms with Crippen molar-refractivity contribution in [2.75, 3.05) is 13.1 Å². The van der Waals surface area contributed by atoms with Crippen LogP contribution in [0.2, 0.25) is 5.02 Å². The summed E-state index contributed by atoms with van der Waals surface area (Å²) in [6.07, 6.45) is 9.70. The van der Waals surface area contributed by atoms with Gasteiger partial charge in [-0.05, 0) is 61.2 Å². The molecule has 0 aliphatic carbocycles. The van der Waals surface area contributed by atoms with Crippen LogP contribution < -0.4 is 0 Å². The van der Waals surface area contributed by atoms with Gasteiger partial charge >= 0.3 is 0 Å². The minimum Gasteiger partial charge on any atom is -0.296 e. The minimum absolute atomic E-state index is 0.658. The molecule has 2 aromatic heterocycles. The van der Waals surface area contributed by atoms with Crippen LogP contribution in [0.3, 0.4) is 0 Å². The van der Waals surface area contributed by atoms with Gasteiger partial charge in [0.2, 0.25) is 0 Å². The van der Waals surface area contributed by atoms with Crippen molar-refractivity contribution in [1.82, 2.24) is 20.1 Å². The number of aromatic nitrogens is 3. The van der Waals surface area contributed by atoms with Gasteiger partial charge in [-0.25, -0.2) is 0 Å². The summed E-state index contributed by atoms with van der Waals surface area (Å²) in [5.41, 5.74) is 6.82. The molecule has 4 nitrogen and oxygen atoms in total. The van der Waals surface area contributed by atoms with Crippen LogP contribution in [0.25, 0.3) is 28.0 Å². The summed E-state index contributed by atoms with van der Waals surface area (Å²) in [6, 6.07) is 12.7. The molecule has 0 amide bonds. The van der Waals surface area contributed by atoms with E-state index in [0.717, 1.165) is 46.1 Å². The monoisotopic (exact) mass is 376 g/mol. The van der Waals surface area contributed by atoms with Gasteiger partial charge in [-0.1, -0.05) is 29.8 Å². The summed E-state index contributed by atoms with van der Waals surface area (Å²) in [5, 5.41) is 8.80. The molecule has 27 heavy (non-hydrogen) atoms. The third-order valence-corrected chi connectivity index (χ3v) is 5.95. The Morgan fingerprint density at radius 3 is 2.67 bits per heavy atom. The summed E-state index contributed by atoms with van der Waals surface area (Å²) in [6.45, 7) is 2.25. The SMILES string of the molecule is Clc1ccc(-c2[nH]nc(C3=CCN4CCC[C@H]4C3)c2-c2ccncc2)cc1. The predicted octanol–water partition coefficient (Wildman–Crippen LogP) is 5.04. The molecule has 0 unspecified atom stereocenters. The Balaban J connectivity index is 1.63. The number of aromatic amines is 1. The van der Waals surface area contributed by atoms with Crippen molar-refractivity contribution in [3.05, 3.63) is 65.6 Å². The van der Waals surface area contributed by atoms with Crippen LogP contribution in [-0.2, 0) is 0 Å². The lowest BCUT2D eigenvalue weighted by Gasteiger charge is -2.28. The fourth-order valence-electron chi connectivity index (χ4n) is 4.32. The van der Waals surface area contributed by atoms with E-state index in [9.17, 15) is 0 Å². The van der Waals surface area contributed by atoms with Gasteiger partial charge in [-0.2, -0.15) is 5.10 Å². The molecule has 0 bridgehead atoms. The van der Waals surface area contributed by atoms with Crippen LogP contribution >= 0.6 is 11.6 Å². The third kappa shape index (κ3) is 3.09. The number of pyridine rings is 1. The zero-order valence-corrected chi connectivity index (χ0v) is 15.8. The van der Waals surface area contributed by atoms with E-state index in [4.69, 9.17) is 16.7 Å². The Morgan fingerprint density at radius 2 is 1.85 bits per heavy atom. The highest BCUT2D eigenvalue weighted by atomic mass is 35.5. The Labute approximate surface area is 163 Å². The van der Waals surface area contributed by atoms with E-state index < -0.39 is 0 Å². The Bertz CT molecular complexity index is 975. The zero-order chi connectivity index (χ0) is 18.2. The van der Waals surface area contributed by atoms with Gasteiger partial charge < -0.3 is 0 Å². The first-order valence-electron chi connectivity index (χ1n) is 9.48. The molecular formula is C22H21ClN4. The van der Waals surface area contributed by atoms with Gasteiger partial charge in [-0.3, -0.25) is 15.0 Å². The number of hydrogen-bond acceptors (Lipinski definition) is 3. The van der Waals surface area contributed by atoms with E-state index in [0.29, 0.717) is 6.04 Å². The number of benzene rings is 1. The van der Waals surface area contributed by atoms with E-state index in [1.54, 1.807) is 0 Å². The summed E-state index contributed by atoms with van der Waals surface area (Å²) in [4.78, 5) is 6.77. The van der Waals surface area contributed by atoms with Gasteiger partial charge in [0.25, 0.3) is 0 Å². The molecule has 0 saturated carbocycles. The van der Waals surface area contributed by atoms with Crippen LogP contribution in [0, 0.1) is 0 Å². The molecule has 5 rings (SSSR count). The molecule has 2 aliphatic rings. The normalized spacial score (nSPS) is 19.7. The third-order valence-electron chi connectivity index (χ3n) is 5.70. The quantitative estimate of drug-likeness (QED) is 0.696. The number of rotatable bonds is 3. The van der Waals surface area contributed by atoms with Crippen molar-refractivity contribution < 1.29 is 0 Å². The van der Waals surface area contributed by atoms with Crippen LogP contribution in [0.15, 0.2) is 54.9 Å². The first-order valence-corrected chi connectivity index (χ1v) is 9.85. The zero-order valence-electron chi connectivity index (χ0n) is 15.0. The fourth-order valence-corrected chi connectivity index (χ4v) is 4.45. The fraction of sp³-hybridized carbons (Fsp3) is 0.273. The van der Waals surface area contributed by atoms with Gasteiger partial charge in [-0.15, -0.1) is 0 Å². The lowest BCUT2D eigenvalue weighted by molar-refractivity contribution is 0.275. The summed E-state index contributed by atoms with van der Waals surface area (Å²) in [7, 11) is 0. The first-order chi connectivity index (χ1) is 13.3. The molecular weight excluding hydrogens is 356 g/mol. The van der Waals surface area contributed by atoms with Gasteiger partial charge in [0, 0.05) is 41.1 Å². The predicted molar refractivity (Wildman–Crippen MR) is 109 cm³/mol. The maximum absolute atomic E-state index is 6.09. The molecule has 2 aliphatic heterocycles. The number of halogens is 1. The Morgan fingerprint density at radius 1 is 1.04 bits per heavy atom. The number of nitrogens with zero attached hydrogens (tertiary/aromatic N) is 3. The largest absolute Gasteiger partial charge is 0.296 e. The van der Waals surface area contributed by atoms with Crippen molar-refractivity contribution in [2.45, 2.75) is 25.3 Å². The van der Waals surface area contributed by atoms with E-state index in [1.807, 2.05) is 36.7 Å². The van der Waals surface area contributed by atoms with Crippen molar-refractivity contribution in [2.24, 2.45) is 0 Å². The Hall–Kier alpha value is -2.43. The van der Waals surface area contributed by atoms with Crippen LogP contribution in [-0.4, -0.2) is 39.2 Å². The average Bonchev–Trinajstić information content (AvgIpc) is 3.35. The van der Waals surface area contributed by atoms with E-state index in [1.165, 1.54) is 25.0 Å². The van der Waals surface area contributed by atoms with E-state index >= 15 is 0 Å². The highest BCUT2D eigenvalue weighted by Gasteiger charge is 2.30. The molecule has 0 spiro atoms. The molecule has 5 heteroatoms. The molecule has 1 atom stereocenters. The van der Waals surface area contributed by atoms with Crippen LogP contribution in [0.5, 0.6) is 0 Å². The molecule has 1 saturated heterocycles. The maximum Gasteiger partial charge on any atom is 0.0963 e. The van der Waals surface area contributed by atoms with E-state index in [-0.39, 0.29) is 0 Å². The molecule has 1 aromatic carbocycles. The highest BCUT2D eigenvalue weighted by Crippen LogP contribution is 2.40. The lowest BCUT2D eigenvalue weighted by atomic mass is 9.91. The van der Waals surface area contributed by atoms with E-state index in [2.05, 4.69) is 33.2 Å². The summed E-state index contributed by atoms with van der Waals surface area (Å²) in [5.74, 6) is 0. The highest BCUT2D eigenvalue weighted by molar-refractivity contribution is 6.30. The number of H-pyrrole nitrogens is 1. The van der Waals surface area contributed by atoms with Crippen molar-refractivity contribution in [3.8, 4) is 22.4 Å². The number of nitrogens with one attached hydrogen (secondary N) is 1. The number of hydrogen-bond donors (Lipinski definition) is 1. The number of fused-ring (bicyclic) bond motifs is 1. The van der Waals surface area contributed by atoms with Gasteiger partial charge in [0.05, 0.1) is 11.4 Å². The van der Waals surface area contributed by atoms with Gasteiger partial charge in [0.15, 0.2) is 0 Å².